The van der Waals surface area contributed by atoms with Crippen molar-refractivity contribution in [3.63, 3.8) is 0 Å². The summed E-state index contributed by atoms with van der Waals surface area (Å²) in [5, 5.41) is 0. The summed E-state index contributed by atoms with van der Waals surface area (Å²) in [5.74, 6) is 0.787. The minimum atomic E-state index is 0.207. The molecule has 0 unspecified atom stereocenters. The van der Waals surface area contributed by atoms with E-state index in [1.807, 2.05) is 0 Å². The first-order valence-corrected chi connectivity index (χ1v) is 3.84. The minimum Gasteiger partial charge on any atom is -0.303 e. The average Bonchev–Trinajstić information content (AvgIpc) is 2.44. The predicted octanol–water partition coefficient (Wildman–Crippen LogP) is 1.77. The molecule has 0 amide bonds. The summed E-state index contributed by atoms with van der Waals surface area (Å²) in [5.41, 5.74) is 0.207. The summed E-state index contributed by atoms with van der Waals surface area (Å²) in [4.78, 5) is 10.5. The van der Waals surface area contributed by atoms with Crippen molar-refractivity contribution in [3.05, 3.63) is 0 Å². The van der Waals surface area contributed by atoms with Gasteiger partial charge in [0, 0.05) is 5.41 Å². The molecule has 1 heteroatoms. The fraction of sp³-hybridized carbons (Fsp3) is 0.875. The zero-order chi connectivity index (χ0) is 6.32. The van der Waals surface area contributed by atoms with Crippen molar-refractivity contribution < 1.29 is 4.79 Å². The highest BCUT2D eigenvalue weighted by molar-refractivity contribution is 5.64. The van der Waals surface area contributed by atoms with Gasteiger partial charge in [-0.3, -0.25) is 0 Å². The van der Waals surface area contributed by atoms with Gasteiger partial charge in [0.05, 0.1) is 0 Å². The summed E-state index contributed by atoms with van der Waals surface area (Å²) >= 11 is 0. The van der Waals surface area contributed by atoms with Crippen LogP contribution >= 0.6 is 0 Å². The van der Waals surface area contributed by atoms with E-state index in [4.69, 9.17) is 0 Å². The monoisotopic (exact) mass is 124 g/mol. The lowest BCUT2D eigenvalue weighted by molar-refractivity contribution is -0.115. The third kappa shape index (κ3) is 0.637. The quantitative estimate of drug-likeness (QED) is 0.513. The maximum absolute atomic E-state index is 10.5. The molecule has 2 fully saturated rings. The van der Waals surface area contributed by atoms with Crippen LogP contribution in [0.25, 0.3) is 0 Å². The van der Waals surface area contributed by atoms with Crippen LogP contribution in [0, 0.1) is 11.3 Å². The molecule has 0 atom stereocenters. The molecule has 9 heavy (non-hydrogen) atoms. The molecule has 0 aromatic rings. The molecule has 2 rings (SSSR count). The number of hydrogen-bond donors (Lipinski definition) is 0. The second-order valence-electron chi connectivity index (χ2n) is 3.48. The van der Waals surface area contributed by atoms with Gasteiger partial charge in [0.25, 0.3) is 0 Å². The summed E-state index contributed by atoms with van der Waals surface area (Å²) in [7, 11) is 0. The lowest BCUT2D eigenvalue weighted by Crippen LogP contribution is -2.24. The maximum Gasteiger partial charge on any atom is 0.126 e. The third-order valence-electron chi connectivity index (χ3n) is 2.98. The Morgan fingerprint density at radius 2 is 2.00 bits per heavy atom. The molecule has 0 bridgehead atoms. The molecule has 0 radical (unpaired) electrons. The van der Waals surface area contributed by atoms with E-state index >= 15 is 0 Å². The van der Waals surface area contributed by atoms with Crippen LogP contribution in [0.3, 0.4) is 0 Å². The first-order chi connectivity index (χ1) is 4.37. The van der Waals surface area contributed by atoms with E-state index in [2.05, 4.69) is 0 Å². The highest BCUT2D eigenvalue weighted by Gasteiger charge is 2.50. The average molecular weight is 124 g/mol. The molecular formula is C8H12O. The Kier molecular flexibility index (Phi) is 0.961. The third-order valence-corrected chi connectivity index (χ3v) is 2.98. The number of carbonyl (C=O) groups excluding carboxylic acids is 1. The van der Waals surface area contributed by atoms with Gasteiger partial charge in [0.2, 0.25) is 0 Å². The van der Waals surface area contributed by atoms with Crippen molar-refractivity contribution in [2.24, 2.45) is 11.3 Å². The SMILES string of the molecule is O=CC1(C2CCC2)CC1. The lowest BCUT2D eigenvalue weighted by Gasteiger charge is -2.30. The molecule has 1 nitrogen and oxygen atoms in total. The first kappa shape index (κ1) is 5.45. The molecule has 2 aliphatic carbocycles. The van der Waals surface area contributed by atoms with Crippen LogP contribution in [0.15, 0.2) is 0 Å². The van der Waals surface area contributed by atoms with Gasteiger partial charge >= 0.3 is 0 Å². The van der Waals surface area contributed by atoms with Gasteiger partial charge in [-0.05, 0) is 31.6 Å². The lowest BCUT2D eigenvalue weighted by atomic mass is 9.74. The second kappa shape index (κ2) is 1.59. The summed E-state index contributed by atoms with van der Waals surface area (Å²) in [6, 6.07) is 0. The molecule has 0 heterocycles. The Labute approximate surface area is 55.4 Å². The van der Waals surface area contributed by atoms with Crippen molar-refractivity contribution in [3.8, 4) is 0 Å². The van der Waals surface area contributed by atoms with Gasteiger partial charge in [-0.25, -0.2) is 0 Å². The normalized spacial score (nSPS) is 31.1. The molecule has 0 spiro atoms. The van der Waals surface area contributed by atoms with E-state index < -0.39 is 0 Å². The van der Waals surface area contributed by atoms with Gasteiger partial charge in [-0.1, -0.05) is 6.42 Å². The van der Waals surface area contributed by atoms with Gasteiger partial charge < -0.3 is 4.79 Å². The maximum atomic E-state index is 10.5. The predicted molar refractivity (Wildman–Crippen MR) is 35.1 cm³/mol. The highest BCUT2D eigenvalue weighted by atomic mass is 16.1. The van der Waals surface area contributed by atoms with Crippen LogP contribution < -0.4 is 0 Å². The topological polar surface area (TPSA) is 17.1 Å². The zero-order valence-corrected chi connectivity index (χ0v) is 5.60. The Morgan fingerprint density at radius 1 is 1.33 bits per heavy atom. The number of aldehydes is 1. The van der Waals surface area contributed by atoms with Crippen LogP contribution in [0.1, 0.15) is 32.1 Å². The van der Waals surface area contributed by atoms with Crippen molar-refractivity contribution in [2.75, 3.05) is 0 Å². The fourth-order valence-electron chi connectivity index (χ4n) is 1.75. The molecule has 0 N–H and O–H groups in total. The molecule has 50 valence electrons. The first-order valence-electron chi connectivity index (χ1n) is 3.84. The van der Waals surface area contributed by atoms with Crippen molar-refractivity contribution >= 4 is 6.29 Å². The van der Waals surface area contributed by atoms with E-state index in [0.29, 0.717) is 0 Å². The van der Waals surface area contributed by atoms with Crippen LogP contribution in [-0.4, -0.2) is 6.29 Å². The molecule has 0 aromatic carbocycles. The van der Waals surface area contributed by atoms with E-state index in [1.165, 1.54) is 38.4 Å². The summed E-state index contributed by atoms with van der Waals surface area (Å²) in [6.45, 7) is 0. The zero-order valence-electron chi connectivity index (χ0n) is 5.60. The summed E-state index contributed by atoms with van der Waals surface area (Å²) in [6.07, 6.45) is 7.57. The van der Waals surface area contributed by atoms with Crippen molar-refractivity contribution in [2.45, 2.75) is 32.1 Å². The van der Waals surface area contributed by atoms with Crippen LogP contribution in [0.4, 0.5) is 0 Å². The van der Waals surface area contributed by atoms with Gasteiger partial charge in [0.15, 0.2) is 0 Å². The molecular weight excluding hydrogens is 112 g/mol. The van der Waals surface area contributed by atoms with E-state index in [-0.39, 0.29) is 5.41 Å². The van der Waals surface area contributed by atoms with Crippen LogP contribution in [-0.2, 0) is 4.79 Å². The summed E-state index contributed by atoms with van der Waals surface area (Å²) < 4.78 is 0. The van der Waals surface area contributed by atoms with Gasteiger partial charge in [-0.15, -0.1) is 0 Å². The molecule has 2 aliphatic rings. The second-order valence-corrected chi connectivity index (χ2v) is 3.48. The van der Waals surface area contributed by atoms with E-state index in [1.54, 1.807) is 0 Å². The molecule has 2 saturated carbocycles. The highest BCUT2D eigenvalue weighted by Crippen LogP contribution is 2.56. The van der Waals surface area contributed by atoms with Crippen molar-refractivity contribution in [1.29, 1.82) is 0 Å². The van der Waals surface area contributed by atoms with Gasteiger partial charge in [-0.2, -0.15) is 0 Å². The van der Waals surface area contributed by atoms with Crippen molar-refractivity contribution in [1.82, 2.24) is 0 Å². The Hall–Kier alpha value is -0.330. The molecule has 0 saturated heterocycles. The van der Waals surface area contributed by atoms with E-state index in [9.17, 15) is 4.79 Å². The molecule has 0 aromatic heterocycles. The standard InChI is InChI=1S/C8H12O/c9-6-8(4-5-8)7-2-1-3-7/h6-7H,1-5H2. The minimum absolute atomic E-state index is 0.207. The Morgan fingerprint density at radius 3 is 2.11 bits per heavy atom. The fourth-order valence-corrected chi connectivity index (χ4v) is 1.75. The number of rotatable bonds is 2. The largest absolute Gasteiger partial charge is 0.303 e. The molecule has 0 aliphatic heterocycles. The van der Waals surface area contributed by atoms with Gasteiger partial charge in [0.1, 0.15) is 6.29 Å². The van der Waals surface area contributed by atoms with Crippen LogP contribution in [0.2, 0.25) is 0 Å². The number of hydrogen-bond acceptors (Lipinski definition) is 1. The number of carbonyl (C=O) groups is 1. The smallest absolute Gasteiger partial charge is 0.126 e. The Balaban J connectivity index is 2.02. The van der Waals surface area contributed by atoms with E-state index in [0.717, 1.165) is 5.92 Å². The Bertz CT molecular complexity index is 132. The van der Waals surface area contributed by atoms with Crippen LogP contribution in [0.5, 0.6) is 0 Å².